The average Bonchev–Trinajstić information content (AvgIpc) is 2.43. The van der Waals surface area contributed by atoms with Crippen LogP contribution in [-0.4, -0.2) is 16.5 Å². The Morgan fingerprint density at radius 1 is 1.05 bits per heavy atom. The zero-order valence-electron chi connectivity index (χ0n) is 13.1. The molecular weight excluding hydrogens is 260 g/mol. The summed E-state index contributed by atoms with van der Waals surface area (Å²) in [5.74, 6) is 1.49. The predicted molar refractivity (Wildman–Crippen MR) is 89.2 cm³/mol. The normalized spacial score (nSPS) is 10.4. The van der Waals surface area contributed by atoms with Crippen LogP contribution in [0, 0.1) is 13.8 Å². The fraction of sp³-hybridized carbons (Fsp3) is 0.412. The van der Waals surface area contributed by atoms with Crippen LogP contribution in [0.3, 0.4) is 0 Å². The minimum Gasteiger partial charge on any atom is -0.354 e. The van der Waals surface area contributed by atoms with E-state index in [-0.39, 0.29) is 0 Å². The van der Waals surface area contributed by atoms with E-state index in [1.54, 1.807) is 6.20 Å². The molecule has 0 saturated heterocycles. The molecule has 0 spiro atoms. The van der Waals surface area contributed by atoms with E-state index in [1.165, 1.54) is 24.0 Å². The van der Waals surface area contributed by atoms with Crippen molar-refractivity contribution in [2.24, 2.45) is 0 Å². The first-order valence-corrected chi connectivity index (χ1v) is 7.59. The molecule has 0 aliphatic rings. The van der Waals surface area contributed by atoms with Gasteiger partial charge in [0.15, 0.2) is 0 Å². The first-order chi connectivity index (χ1) is 10.2. The van der Waals surface area contributed by atoms with Gasteiger partial charge in [0.1, 0.15) is 5.82 Å². The number of benzene rings is 1. The number of nitrogens with zero attached hydrogens (tertiary/aromatic N) is 2. The minimum absolute atomic E-state index is 0.681. The van der Waals surface area contributed by atoms with Gasteiger partial charge in [-0.3, -0.25) is 0 Å². The Balaban J connectivity index is 2.00. The fourth-order valence-electron chi connectivity index (χ4n) is 2.28. The van der Waals surface area contributed by atoms with Gasteiger partial charge in [0.05, 0.1) is 0 Å². The Bertz CT molecular complexity index is 561. The van der Waals surface area contributed by atoms with Gasteiger partial charge in [0.25, 0.3) is 0 Å². The molecule has 0 radical (unpaired) electrons. The number of nitrogens with one attached hydrogen (secondary N) is 2. The molecule has 2 aromatic rings. The van der Waals surface area contributed by atoms with Crippen LogP contribution in [0.4, 0.5) is 17.5 Å². The molecule has 0 atom stereocenters. The molecule has 1 aromatic heterocycles. The van der Waals surface area contributed by atoms with Crippen LogP contribution in [0.1, 0.15) is 37.3 Å². The van der Waals surface area contributed by atoms with Crippen LogP contribution in [0.25, 0.3) is 0 Å². The van der Waals surface area contributed by atoms with Gasteiger partial charge in [-0.25, -0.2) is 4.98 Å². The molecule has 21 heavy (non-hydrogen) atoms. The summed E-state index contributed by atoms with van der Waals surface area (Å²) in [6.45, 7) is 7.31. The molecule has 2 rings (SSSR count). The highest BCUT2D eigenvalue weighted by Crippen LogP contribution is 2.18. The van der Waals surface area contributed by atoms with Gasteiger partial charge < -0.3 is 10.6 Å². The molecule has 0 aliphatic heterocycles. The van der Waals surface area contributed by atoms with E-state index in [2.05, 4.69) is 59.6 Å². The highest BCUT2D eigenvalue weighted by Gasteiger charge is 2.01. The first kappa shape index (κ1) is 15.3. The van der Waals surface area contributed by atoms with Crippen molar-refractivity contribution in [1.82, 2.24) is 9.97 Å². The Morgan fingerprint density at radius 3 is 2.52 bits per heavy atom. The van der Waals surface area contributed by atoms with Gasteiger partial charge >= 0.3 is 0 Å². The fourth-order valence-corrected chi connectivity index (χ4v) is 2.28. The Hall–Kier alpha value is -2.10. The van der Waals surface area contributed by atoms with Crippen LogP contribution in [0.5, 0.6) is 0 Å². The first-order valence-electron chi connectivity index (χ1n) is 7.59. The van der Waals surface area contributed by atoms with Crippen molar-refractivity contribution in [1.29, 1.82) is 0 Å². The lowest BCUT2D eigenvalue weighted by Gasteiger charge is -2.09. The minimum atomic E-state index is 0.681. The number of unbranched alkanes of at least 4 members (excludes halogenated alkanes) is 2. The molecule has 2 N–H and O–H groups in total. The molecule has 0 aliphatic carbocycles. The van der Waals surface area contributed by atoms with E-state index in [9.17, 15) is 0 Å². The number of aromatic nitrogens is 2. The zero-order chi connectivity index (χ0) is 15.1. The van der Waals surface area contributed by atoms with Crippen LogP contribution in [0.15, 0.2) is 30.5 Å². The summed E-state index contributed by atoms with van der Waals surface area (Å²) in [5, 5.41) is 6.60. The summed E-state index contributed by atoms with van der Waals surface area (Å²) in [4.78, 5) is 8.74. The lowest BCUT2D eigenvalue weighted by atomic mass is 10.1. The second-order valence-electron chi connectivity index (χ2n) is 5.40. The molecule has 0 unspecified atom stereocenters. The predicted octanol–water partition coefficient (Wildman–Crippen LogP) is 4.44. The summed E-state index contributed by atoms with van der Waals surface area (Å²) in [7, 11) is 0. The molecule has 112 valence electrons. The van der Waals surface area contributed by atoms with Crippen molar-refractivity contribution in [3.63, 3.8) is 0 Å². The summed E-state index contributed by atoms with van der Waals surface area (Å²) in [6.07, 6.45) is 5.37. The van der Waals surface area contributed by atoms with Crippen LogP contribution < -0.4 is 10.6 Å². The van der Waals surface area contributed by atoms with Gasteiger partial charge in [-0.2, -0.15) is 4.98 Å². The number of anilines is 3. The molecule has 0 fully saturated rings. The average molecular weight is 284 g/mol. The molecular formula is C17H24N4. The molecule has 0 saturated carbocycles. The summed E-state index contributed by atoms with van der Waals surface area (Å²) in [5.41, 5.74) is 3.54. The van der Waals surface area contributed by atoms with Crippen molar-refractivity contribution in [2.75, 3.05) is 17.2 Å². The van der Waals surface area contributed by atoms with E-state index in [0.29, 0.717) is 5.95 Å². The van der Waals surface area contributed by atoms with E-state index in [1.807, 2.05) is 6.07 Å². The van der Waals surface area contributed by atoms with Gasteiger partial charge in [-0.05, 0) is 49.6 Å². The van der Waals surface area contributed by atoms with Crippen molar-refractivity contribution < 1.29 is 0 Å². The summed E-state index contributed by atoms with van der Waals surface area (Å²) >= 11 is 0. The number of rotatable bonds is 7. The molecule has 4 heteroatoms. The number of hydrogen-bond acceptors (Lipinski definition) is 4. The third kappa shape index (κ3) is 5.06. The lowest BCUT2D eigenvalue weighted by molar-refractivity contribution is 0.740. The van der Waals surface area contributed by atoms with Crippen molar-refractivity contribution in [3.05, 3.63) is 41.6 Å². The third-order valence-corrected chi connectivity index (χ3v) is 3.21. The largest absolute Gasteiger partial charge is 0.354 e. The Labute approximate surface area is 127 Å². The number of hydrogen-bond donors (Lipinski definition) is 2. The quantitative estimate of drug-likeness (QED) is 0.738. The standard InChI is InChI=1S/C17H24N4/c1-4-5-6-8-18-17-19-9-7-16(21-17)20-15-11-13(2)10-14(3)12-15/h7,9-12H,4-6,8H2,1-3H3,(H2,18,19,20,21). The van der Waals surface area contributed by atoms with Crippen molar-refractivity contribution >= 4 is 17.5 Å². The molecule has 4 nitrogen and oxygen atoms in total. The highest BCUT2D eigenvalue weighted by atomic mass is 15.1. The van der Waals surface area contributed by atoms with Crippen molar-refractivity contribution in [2.45, 2.75) is 40.0 Å². The maximum atomic E-state index is 4.49. The van der Waals surface area contributed by atoms with Gasteiger partial charge in [-0.1, -0.05) is 25.8 Å². The van der Waals surface area contributed by atoms with Crippen LogP contribution in [0.2, 0.25) is 0 Å². The SMILES string of the molecule is CCCCCNc1nccc(Nc2cc(C)cc(C)c2)n1. The topological polar surface area (TPSA) is 49.8 Å². The highest BCUT2D eigenvalue weighted by molar-refractivity contribution is 5.58. The second kappa shape index (κ2) is 7.62. The number of aryl methyl sites for hydroxylation is 2. The maximum absolute atomic E-state index is 4.49. The monoisotopic (exact) mass is 284 g/mol. The van der Waals surface area contributed by atoms with E-state index in [0.717, 1.165) is 24.5 Å². The summed E-state index contributed by atoms with van der Waals surface area (Å²) < 4.78 is 0. The van der Waals surface area contributed by atoms with Gasteiger partial charge in [-0.15, -0.1) is 0 Å². The lowest BCUT2D eigenvalue weighted by Crippen LogP contribution is -2.06. The van der Waals surface area contributed by atoms with E-state index < -0.39 is 0 Å². The summed E-state index contributed by atoms with van der Waals surface area (Å²) in [6, 6.07) is 8.27. The second-order valence-corrected chi connectivity index (χ2v) is 5.40. The third-order valence-electron chi connectivity index (χ3n) is 3.21. The van der Waals surface area contributed by atoms with E-state index in [4.69, 9.17) is 0 Å². The van der Waals surface area contributed by atoms with E-state index >= 15 is 0 Å². The Morgan fingerprint density at radius 2 is 1.81 bits per heavy atom. The zero-order valence-corrected chi connectivity index (χ0v) is 13.1. The Kier molecular flexibility index (Phi) is 5.55. The molecule has 0 bridgehead atoms. The van der Waals surface area contributed by atoms with Crippen LogP contribution in [-0.2, 0) is 0 Å². The molecule has 1 heterocycles. The molecule has 1 aromatic carbocycles. The maximum Gasteiger partial charge on any atom is 0.224 e. The van der Waals surface area contributed by atoms with Crippen LogP contribution >= 0.6 is 0 Å². The molecule has 0 amide bonds. The van der Waals surface area contributed by atoms with Gasteiger partial charge in [0.2, 0.25) is 5.95 Å². The smallest absolute Gasteiger partial charge is 0.224 e. The van der Waals surface area contributed by atoms with Gasteiger partial charge in [0, 0.05) is 18.4 Å². The van der Waals surface area contributed by atoms with Crippen molar-refractivity contribution in [3.8, 4) is 0 Å².